The Morgan fingerprint density at radius 1 is 0.664 bits per heavy atom. The average Bonchev–Trinajstić information content (AvgIpc) is 1.67. The number of carbonyl (C=O) groups is 14. The summed E-state index contributed by atoms with van der Waals surface area (Å²) >= 11 is 1.80. The Labute approximate surface area is 618 Å². The number of nitrogens with one attached hydrogen (secondary N) is 15. The molecule has 8 rings (SSSR count). The lowest BCUT2D eigenvalue weighted by Gasteiger charge is -2.27. The molecule has 39 heteroatoms. The summed E-state index contributed by atoms with van der Waals surface area (Å²) in [5, 5.41) is 55.8. The van der Waals surface area contributed by atoms with E-state index in [1.807, 2.05) is 0 Å². The van der Waals surface area contributed by atoms with Crippen LogP contribution in [0.2, 0.25) is 0 Å². The summed E-state index contributed by atoms with van der Waals surface area (Å²) in [4.78, 5) is 200. The van der Waals surface area contributed by atoms with E-state index < -0.39 is 163 Å². The van der Waals surface area contributed by atoms with Crippen molar-refractivity contribution in [2.45, 2.75) is 214 Å². The quantitative estimate of drug-likeness (QED) is 0.0368. The lowest BCUT2D eigenvalue weighted by Crippen LogP contribution is -2.59. The van der Waals surface area contributed by atoms with Gasteiger partial charge in [0.25, 0.3) is 0 Å². The van der Waals surface area contributed by atoms with Crippen molar-refractivity contribution in [1.29, 1.82) is 0 Å². The van der Waals surface area contributed by atoms with Crippen molar-refractivity contribution in [3.63, 3.8) is 0 Å². The number of carboxylic acids is 1. The largest absolute Gasteiger partial charge is 0.481 e. The summed E-state index contributed by atoms with van der Waals surface area (Å²) in [6, 6.07) is -8.05. The highest BCUT2D eigenvalue weighted by Crippen LogP contribution is 2.35. The van der Waals surface area contributed by atoms with Crippen LogP contribution in [0.1, 0.15) is 139 Å². The number of urea groups is 1. The monoisotopic (exact) mass is 1520 g/mol. The number of aryl methyl sites for hydroxylation is 1. The Kier molecular flexibility index (Phi) is 31.4. The minimum absolute atomic E-state index is 0.0215. The zero-order valence-electron chi connectivity index (χ0n) is 59.5. The first-order valence-electron chi connectivity index (χ1n) is 36.2. The average molecular weight is 1520 g/mol. The highest BCUT2D eigenvalue weighted by Gasteiger charge is 2.43. The van der Waals surface area contributed by atoms with Gasteiger partial charge in [-0.15, -0.1) is 5.10 Å². The summed E-state index contributed by atoms with van der Waals surface area (Å²) in [5.41, 5.74) is -0.383. The predicted octanol–water partition coefficient (Wildman–Crippen LogP) is -1.79. The van der Waals surface area contributed by atoms with Crippen LogP contribution in [-0.4, -0.2) is 224 Å². The summed E-state index contributed by atoms with van der Waals surface area (Å²) < 4.78 is 48.0. The number of aromatic nitrogens is 5. The number of benzene rings is 1. The SMILES string of the molecule is CC[C@@H]1NC(=O)[C@H]2Cc3cn(nn3)CCC[C@@H](NC(=O)[C@H](C)NC(=O)[C@H](CNC(=O)CCOCCNC(=O)CCCC[C@@H]3SC[C@@H]4NC(=O)N[C@@H]43)CCCCNC(=O)[C@H](Cc3ccc(C(F)(F)F)cc3)NC1=O)C(=O)N[C@@H](Cc1cnc[nH]1)C(=O)N[C@@H](CC1CC1)C(=O)NCC(=O)N[C@@H](CCC(=O)O)C(=O)N2. The number of ether oxygens (including phenoxy) is 1. The van der Waals surface area contributed by atoms with Crippen LogP contribution in [0.5, 0.6) is 0 Å². The van der Waals surface area contributed by atoms with Crippen molar-refractivity contribution in [1.82, 2.24) is 99.4 Å². The van der Waals surface area contributed by atoms with E-state index in [0.29, 0.717) is 31.4 Å². The Morgan fingerprint density at radius 3 is 2.08 bits per heavy atom. The van der Waals surface area contributed by atoms with Crippen LogP contribution in [-0.2, 0) is 99.0 Å². The molecule has 0 spiro atoms. The Morgan fingerprint density at radius 2 is 1.36 bits per heavy atom. The number of aliphatic carboxylic acids is 1. The number of hydrogen-bond acceptors (Lipinski definition) is 19. The molecule has 4 bridgehead atoms. The van der Waals surface area contributed by atoms with Crippen LogP contribution in [0, 0.1) is 11.8 Å². The van der Waals surface area contributed by atoms with E-state index >= 15 is 0 Å². The predicted molar refractivity (Wildman–Crippen MR) is 375 cm³/mol. The highest BCUT2D eigenvalue weighted by molar-refractivity contribution is 8.00. The van der Waals surface area contributed by atoms with Crippen LogP contribution in [0.15, 0.2) is 43.0 Å². The van der Waals surface area contributed by atoms with E-state index in [0.717, 1.165) is 42.9 Å². The van der Waals surface area contributed by atoms with Crippen molar-refractivity contribution in [2.75, 3.05) is 45.1 Å². The molecule has 35 nitrogen and oxygen atoms in total. The van der Waals surface area contributed by atoms with Gasteiger partial charge in [0.2, 0.25) is 70.9 Å². The number of unbranched alkanes of at least 4 members (excludes halogenated alkanes) is 1. The molecular formula is C68H96F3N19O16S. The maximum Gasteiger partial charge on any atom is 0.416 e. The maximum absolute atomic E-state index is 14.8. The molecule has 0 radical (unpaired) electrons. The summed E-state index contributed by atoms with van der Waals surface area (Å²) in [7, 11) is 0. The Balaban J connectivity index is 1.03. The normalized spacial score (nSPS) is 26.0. The van der Waals surface area contributed by atoms with Gasteiger partial charge in [-0.1, -0.05) is 50.0 Å². The molecule has 2 saturated heterocycles. The fourth-order valence-electron chi connectivity index (χ4n) is 12.6. The summed E-state index contributed by atoms with van der Waals surface area (Å²) in [6.45, 7) is 1.84. The topological polar surface area (TPSA) is 496 Å². The van der Waals surface area contributed by atoms with Gasteiger partial charge in [-0.25, -0.2) is 9.78 Å². The number of carbonyl (C=O) groups excluding carboxylic acids is 13. The van der Waals surface area contributed by atoms with Crippen LogP contribution in [0.4, 0.5) is 18.0 Å². The van der Waals surface area contributed by atoms with Gasteiger partial charge < -0.3 is 89.3 Å². The second kappa shape index (κ2) is 40.7. The number of halogens is 3. The number of carboxylic acid groups (broad SMARTS) is 1. The fourth-order valence-corrected chi connectivity index (χ4v) is 14.1. The lowest BCUT2D eigenvalue weighted by molar-refractivity contribution is -0.139. The number of hydrogen-bond donors (Lipinski definition) is 16. The third kappa shape index (κ3) is 27.1. The highest BCUT2D eigenvalue weighted by atomic mass is 32.2. The van der Waals surface area contributed by atoms with Gasteiger partial charge in [0.15, 0.2) is 0 Å². The van der Waals surface area contributed by atoms with Gasteiger partial charge in [-0.2, -0.15) is 24.9 Å². The van der Waals surface area contributed by atoms with Crippen LogP contribution in [0.25, 0.3) is 0 Å². The molecule has 16 N–H and O–H groups in total. The van der Waals surface area contributed by atoms with Gasteiger partial charge in [-0.3, -0.25) is 67.0 Å². The number of amides is 14. The second-order valence-corrected chi connectivity index (χ2v) is 28.6. The van der Waals surface area contributed by atoms with Crippen molar-refractivity contribution >= 4 is 94.6 Å². The molecule has 12 atom stereocenters. The molecule has 586 valence electrons. The standard InChI is InChI=1S/C68H96F3N19O16S/c1-3-44-62(100)82-47(28-39-15-17-41(18-16-39)68(69,70)71)60(98)74-22-7-6-9-40(31-75-54(92)21-25-106-26-23-73-53(91)12-5-4-11-52-57-51(35-107-52)86-67(105)87-57)59(97)78-37(2)58(96)81-45-10-8-24-90-34-43(88-89-90)30-50(65(103)80-44)85-64(102)46(19-20-56(94)95)79-55(93)33-76-61(99)48(27-38-13-14-38)83-66(104)49(84-63(45)101)29-42-32-72-36-77-42/h15-18,32,34,36-38,40,44-52,57H,3-14,19-31,33,35H2,1-2H3,(H,72,77)(H,73,91)(H,74,98)(H,75,92)(H,76,99)(H,78,97)(H,79,93)(H,80,103)(H,81,96)(H,82,100)(H,83,104)(H,84,101)(H,85,102)(H,94,95)(H2,86,87,105)/t37-,40-,44-,45+,46-,47-,48-,49-,50+,51-,52-,57-/m0/s1. The number of H-pyrrole nitrogens is 1. The van der Waals surface area contributed by atoms with E-state index in [1.54, 1.807) is 11.8 Å². The third-order valence-corrected chi connectivity index (χ3v) is 20.4. The zero-order chi connectivity index (χ0) is 77.2. The molecule has 1 aliphatic carbocycles. The molecule has 14 amide bonds. The number of alkyl halides is 3. The van der Waals surface area contributed by atoms with E-state index in [1.165, 1.54) is 37.3 Å². The molecule has 107 heavy (non-hydrogen) atoms. The van der Waals surface area contributed by atoms with Gasteiger partial charge in [0, 0.05) is 93.8 Å². The molecule has 1 saturated carbocycles. The minimum atomic E-state index is -4.71. The number of aromatic amines is 1. The van der Waals surface area contributed by atoms with Crippen LogP contribution >= 0.6 is 11.8 Å². The van der Waals surface area contributed by atoms with Crippen LogP contribution in [0.3, 0.4) is 0 Å². The van der Waals surface area contributed by atoms with Gasteiger partial charge in [-0.05, 0) is 88.3 Å². The smallest absolute Gasteiger partial charge is 0.416 e. The van der Waals surface area contributed by atoms with Crippen molar-refractivity contribution in [3.8, 4) is 0 Å². The minimum Gasteiger partial charge on any atom is -0.481 e. The first-order chi connectivity index (χ1) is 51.2. The molecule has 5 aliphatic rings. The molecule has 1 aromatic carbocycles. The van der Waals surface area contributed by atoms with Crippen molar-refractivity contribution in [3.05, 3.63) is 65.5 Å². The van der Waals surface area contributed by atoms with Crippen LogP contribution < -0.4 is 74.4 Å². The van der Waals surface area contributed by atoms with E-state index in [2.05, 4.69) is 94.7 Å². The first-order valence-corrected chi connectivity index (χ1v) is 37.2. The summed E-state index contributed by atoms with van der Waals surface area (Å²) in [6.07, 6.45) is 1.19. The number of nitrogens with zero attached hydrogens (tertiary/aromatic N) is 4. The second-order valence-electron chi connectivity index (χ2n) is 27.3. The van der Waals surface area contributed by atoms with E-state index in [4.69, 9.17) is 4.74 Å². The Hall–Kier alpha value is -9.95. The van der Waals surface area contributed by atoms with Gasteiger partial charge in [0.1, 0.15) is 48.3 Å². The van der Waals surface area contributed by atoms with Gasteiger partial charge in [0.05, 0.1) is 55.3 Å². The number of fused-ring (bicyclic) bond motifs is 5. The van der Waals surface area contributed by atoms with E-state index in [9.17, 15) is 85.4 Å². The lowest BCUT2D eigenvalue weighted by atomic mass is 9.99. The maximum atomic E-state index is 14.8. The number of thioether (sulfide) groups is 1. The third-order valence-electron chi connectivity index (χ3n) is 18.8. The molecule has 3 aromatic rings. The fraction of sp³-hybridized carbons (Fsp3) is 0.632. The number of imidazole rings is 1. The molecular weight excluding hydrogens is 1430 g/mol. The first kappa shape index (κ1) is 82.7. The molecule has 0 unspecified atom stereocenters. The number of rotatable bonds is 23. The molecule has 4 aliphatic heterocycles. The molecule has 6 heterocycles. The van der Waals surface area contributed by atoms with Gasteiger partial charge >= 0.3 is 18.2 Å². The zero-order valence-corrected chi connectivity index (χ0v) is 60.4. The Bertz CT molecular complexity index is 3610. The molecule has 3 fully saturated rings. The van der Waals surface area contributed by atoms with Crippen molar-refractivity contribution < 1.29 is 90.1 Å². The summed E-state index contributed by atoms with van der Waals surface area (Å²) in [5.74, 6) is -11.3. The van der Waals surface area contributed by atoms with E-state index in [-0.39, 0.29) is 150 Å². The van der Waals surface area contributed by atoms with Crippen molar-refractivity contribution in [2.24, 2.45) is 11.8 Å². The molecule has 2 aromatic heterocycles.